The average Bonchev–Trinajstić information content (AvgIpc) is 2.68. The Kier molecular flexibility index (Phi) is 3.88. The number of aryl methyl sites for hydroxylation is 1. The van der Waals surface area contributed by atoms with E-state index in [1.807, 2.05) is 25.1 Å². The van der Waals surface area contributed by atoms with E-state index in [1.165, 1.54) is 25.7 Å². The van der Waals surface area contributed by atoms with Gasteiger partial charge in [-0.1, -0.05) is 43.4 Å². The summed E-state index contributed by atoms with van der Waals surface area (Å²) in [6, 6.07) is 5.84. The van der Waals surface area contributed by atoms with Gasteiger partial charge in [-0.05, 0) is 42.5 Å². The highest BCUT2D eigenvalue weighted by Gasteiger charge is 2.20. The normalized spacial score (nSPS) is 18.9. The Hall–Kier alpha value is -0.530. The number of hydrogen-bond donors (Lipinski definition) is 1. The molecule has 1 fully saturated rings. The van der Waals surface area contributed by atoms with E-state index < -0.39 is 0 Å². The lowest BCUT2D eigenvalue weighted by atomic mass is 9.95. The number of halogens is 1. The van der Waals surface area contributed by atoms with Crippen LogP contribution in [0.5, 0.6) is 0 Å². The summed E-state index contributed by atoms with van der Waals surface area (Å²) in [5.41, 5.74) is 2.09. The van der Waals surface area contributed by atoms with Crippen LogP contribution in [0.3, 0.4) is 0 Å². The van der Waals surface area contributed by atoms with Crippen molar-refractivity contribution in [2.24, 2.45) is 5.92 Å². The van der Waals surface area contributed by atoms with Crippen LogP contribution in [0.25, 0.3) is 0 Å². The topological polar surface area (TPSA) is 20.2 Å². The van der Waals surface area contributed by atoms with Crippen molar-refractivity contribution in [2.45, 2.75) is 45.1 Å². The van der Waals surface area contributed by atoms with Crippen molar-refractivity contribution < 1.29 is 5.11 Å². The number of benzene rings is 1. The quantitative estimate of drug-likeness (QED) is 0.834. The third-order valence-electron chi connectivity index (χ3n) is 3.48. The van der Waals surface area contributed by atoms with Gasteiger partial charge in [0.05, 0.1) is 6.10 Å². The second-order valence-corrected chi connectivity index (χ2v) is 5.40. The van der Waals surface area contributed by atoms with Gasteiger partial charge in [-0.15, -0.1) is 0 Å². The van der Waals surface area contributed by atoms with Crippen LogP contribution in [0.4, 0.5) is 0 Å². The lowest BCUT2D eigenvalue weighted by Crippen LogP contribution is -2.04. The number of aliphatic hydroxyl groups is 1. The molecule has 1 aliphatic rings. The van der Waals surface area contributed by atoms with E-state index in [0.717, 1.165) is 22.6 Å². The lowest BCUT2D eigenvalue weighted by molar-refractivity contribution is 0.145. The molecule has 1 aliphatic carbocycles. The highest BCUT2D eigenvalue weighted by Crippen LogP contribution is 2.33. The molecule has 1 N–H and O–H groups in total. The van der Waals surface area contributed by atoms with Gasteiger partial charge in [0.15, 0.2) is 0 Å². The van der Waals surface area contributed by atoms with Crippen molar-refractivity contribution in [3.8, 4) is 0 Å². The SMILES string of the molecule is Cc1cc(Cl)cc(C(O)CC2CCCC2)c1. The Labute approximate surface area is 102 Å². The summed E-state index contributed by atoms with van der Waals surface area (Å²) in [6.07, 6.45) is 5.74. The standard InChI is InChI=1S/C14H19ClO/c1-10-6-12(9-13(15)7-10)14(16)8-11-4-2-3-5-11/h6-7,9,11,14,16H,2-5,8H2,1H3. The molecule has 1 saturated carbocycles. The summed E-state index contributed by atoms with van der Waals surface area (Å²) in [5, 5.41) is 10.9. The van der Waals surface area contributed by atoms with Crippen LogP contribution in [0, 0.1) is 12.8 Å². The molecule has 0 saturated heterocycles. The maximum atomic E-state index is 10.2. The Morgan fingerprint density at radius 2 is 2.00 bits per heavy atom. The van der Waals surface area contributed by atoms with Gasteiger partial charge in [0.25, 0.3) is 0 Å². The molecule has 1 aromatic rings. The molecular formula is C14H19ClO. The minimum atomic E-state index is -0.347. The predicted molar refractivity (Wildman–Crippen MR) is 67.7 cm³/mol. The number of aliphatic hydroxyl groups excluding tert-OH is 1. The minimum absolute atomic E-state index is 0.347. The molecular weight excluding hydrogens is 220 g/mol. The summed E-state index contributed by atoms with van der Waals surface area (Å²) >= 11 is 6.00. The second-order valence-electron chi connectivity index (χ2n) is 4.96. The zero-order chi connectivity index (χ0) is 11.5. The monoisotopic (exact) mass is 238 g/mol. The molecule has 0 aliphatic heterocycles. The Morgan fingerprint density at radius 1 is 1.31 bits per heavy atom. The van der Waals surface area contributed by atoms with Crippen LogP contribution in [-0.2, 0) is 0 Å². The molecule has 0 aromatic heterocycles. The highest BCUT2D eigenvalue weighted by molar-refractivity contribution is 6.30. The zero-order valence-corrected chi connectivity index (χ0v) is 10.5. The Balaban J connectivity index is 2.04. The molecule has 2 rings (SSSR count). The van der Waals surface area contributed by atoms with Crippen molar-refractivity contribution in [1.82, 2.24) is 0 Å². The summed E-state index contributed by atoms with van der Waals surface area (Å²) in [5.74, 6) is 0.703. The Morgan fingerprint density at radius 3 is 2.62 bits per heavy atom. The third-order valence-corrected chi connectivity index (χ3v) is 3.70. The van der Waals surface area contributed by atoms with E-state index in [4.69, 9.17) is 11.6 Å². The van der Waals surface area contributed by atoms with Crippen molar-refractivity contribution in [1.29, 1.82) is 0 Å². The zero-order valence-electron chi connectivity index (χ0n) is 9.75. The summed E-state index contributed by atoms with van der Waals surface area (Å²) < 4.78 is 0. The minimum Gasteiger partial charge on any atom is -0.388 e. The maximum absolute atomic E-state index is 10.2. The molecule has 1 atom stereocenters. The molecule has 88 valence electrons. The van der Waals surface area contributed by atoms with Crippen molar-refractivity contribution >= 4 is 11.6 Å². The molecule has 1 unspecified atom stereocenters. The van der Waals surface area contributed by atoms with Gasteiger partial charge in [-0.3, -0.25) is 0 Å². The van der Waals surface area contributed by atoms with Crippen LogP contribution < -0.4 is 0 Å². The van der Waals surface area contributed by atoms with Gasteiger partial charge >= 0.3 is 0 Å². The number of rotatable bonds is 3. The highest BCUT2D eigenvalue weighted by atomic mass is 35.5. The van der Waals surface area contributed by atoms with Crippen LogP contribution >= 0.6 is 11.6 Å². The molecule has 0 spiro atoms. The first-order valence-electron chi connectivity index (χ1n) is 6.10. The molecule has 2 heteroatoms. The molecule has 0 bridgehead atoms. The molecule has 1 nitrogen and oxygen atoms in total. The maximum Gasteiger partial charge on any atom is 0.0793 e. The van der Waals surface area contributed by atoms with Crippen molar-refractivity contribution in [3.05, 3.63) is 34.3 Å². The molecule has 1 aromatic carbocycles. The van der Waals surface area contributed by atoms with Crippen LogP contribution in [0.1, 0.15) is 49.3 Å². The first-order chi connectivity index (χ1) is 7.65. The fraction of sp³-hybridized carbons (Fsp3) is 0.571. The first-order valence-corrected chi connectivity index (χ1v) is 6.48. The van der Waals surface area contributed by atoms with Gasteiger partial charge in [0.1, 0.15) is 0 Å². The summed E-state index contributed by atoms with van der Waals surface area (Å²) in [4.78, 5) is 0. The summed E-state index contributed by atoms with van der Waals surface area (Å²) in [6.45, 7) is 2.01. The van der Waals surface area contributed by atoms with E-state index in [9.17, 15) is 5.11 Å². The van der Waals surface area contributed by atoms with Crippen molar-refractivity contribution in [3.63, 3.8) is 0 Å². The van der Waals surface area contributed by atoms with Crippen LogP contribution in [-0.4, -0.2) is 5.11 Å². The van der Waals surface area contributed by atoms with Gasteiger partial charge in [-0.2, -0.15) is 0 Å². The lowest BCUT2D eigenvalue weighted by Gasteiger charge is -2.16. The van der Waals surface area contributed by atoms with E-state index in [-0.39, 0.29) is 6.10 Å². The van der Waals surface area contributed by atoms with E-state index in [1.54, 1.807) is 0 Å². The fourth-order valence-electron chi connectivity index (χ4n) is 2.65. The van der Waals surface area contributed by atoms with Gasteiger partial charge in [0.2, 0.25) is 0 Å². The van der Waals surface area contributed by atoms with E-state index >= 15 is 0 Å². The van der Waals surface area contributed by atoms with E-state index in [2.05, 4.69) is 0 Å². The predicted octanol–water partition coefficient (Wildman–Crippen LogP) is 4.26. The largest absolute Gasteiger partial charge is 0.388 e. The van der Waals surface area contributed by atoms with Crippen LogP contribution in [0.2, 0.25) is 5.02 Å². The smallest absolute Gasteiger partial charge is 0.0793 e. The molecule has 0 amide bonds. The first kappa shape index (κ1) is 11.9. The van der Waals surface area contributed by atoms with E-state index in [0.29, 0.717) is 5.92 Å². The Bertz CT molecular complexity index is 336. The third kappa shape index (κ3) is 2.99. The molecule has 0 heterocycles. The average molecular weight is 239 g/mol. The van der Waals surface area contributed by atoms with Crippen LogP contribution in [0.15, 0.2) is 18.2 Å². The summed E-state index contributed by atoms with van der Waals surface area (Å²) in [7, 11) is 0. The molecule has 16 heavy (non-hydrogen) atoms. The van der Waals surface area contributed by atoms with Crippen molar-refractivity contribution in [2.75, 3.05) is 0 Å². The van der Waals surface area contributed by atoms with Gasteiger partial charge < -0.3 is 5.11 Å². The van der Waals surface area contributed by atoms with Gasteiger partial charge in [0, 0.05) is 5.02 Å². The fourth-order valence-corrected chi connectivity index (χ4v) is 2.95. The number of hydrogen-bond acceptors (Lipinski definition) is 1. The molecule has 0 radical (unpaired) electrons. The van der Waals surface area contributed by atoms with Gasteiger partial charge in [-0.25, -0.2) is 0 Å². The second kappa shape index (κ2) is 5.20.